The van der Waals surface area contributed by atoms with Crippen LogP contribution in [0.3, 0.4) is 0 Å². The van der Waals surface area contributed by atoms with Gasteiger partial charge in [0, 0.05) is 29.5 Å². The summed E-state index contributed by atoms with van der Waals surface area (Å²) >= 11 is 0. The number of nitrogens with zero attached hydrogens (tertiary/aromatic N) is 4. The van der Waals surface area contributed by atoms with Gasteiger partial charge in [-0.3, -0.25) is 19.1 Å². The van der Waals surface area contributed by atoms with Crippen LogP contribution in [0.4, 0.5) is 0 Å². The highest BCUT2D eigenvalue weighted by Crippen LogP contribution is 2.31. The zero-order chi connectivity index (χ0) is 21.8. The molecule has 2 rings (SSSR count). The molecule has 1 aromatic heterocycles. The molecule has 0 saturated carbocycles. The first-order chi connectivity index (χ1) is 13.5. The number of aliphatic hydroxyl groups is 1. The first-order valence-corrected chi connectivity index (χ1v) is 9.05. The molecule has 3 N–H and O–H groups in total. The van der Waals surface area contributed by atoms with Crippen LogP contribution in [0.2, 0.25) is 0 Å². The fourth-order valence-corrected chi connectivity index (χ4v) is 3.24. The van der Waals surface area contributed by atoms with Crippen molar-refractivity contribution in [2.45, 2.75) is 64.7 Å². The Hall–Kier alpha value is -2.66. The van der Waals surface area contributed by atoms with Crippen LogP contribution < -0.4 is 11.2 Å². The van der Waals surface area contributed by atoms with Gasteiger partial charge in [-0.1, -0.05) is 19.0 Å². The van der Waals surface area contributed by atoms with Gasteiger partial charge < -0.3 is 19.7 Å². The Morgan fingerprint density at radius 3 is 2.86 bits per heavy atom. The first-order valence-electron chi connectivity index (χ1n) is 9.05. The molecule has 0 spiro atoms. The summed E-state index contributed by atoms with van der Waals surface area (Å²) < 4.78 is 12.4. The third-order valence-corrected chi connectivity index (χ3v) is 4.67. The van der Waals surface area contributed by atoms with E-state index >= 15 is 0 Å². The number of carboxylic acid groups (broad SMARTS) is 1. The lowest BCUT2D eigenvalue weighted by atomic mass is 9.85. The number of aromatic amines is 1. The summed E-state index contributed by atoms with van der Waals surface area (Å²) in [6, 6.07) is -0.650. The van der Waals surface area contributed by atoms with E-state index in [1.807, 2.05) is 0 Å². The summed E-state index contributed by atoms with van der Waals surface area (Å²) in [6.45, 7) is 4.82. The number of hydrogen-bond acceptors (Lipinski definition) is 7. The number of carboxylic acids is 1. The number of aliphatic hydroxyl groups excluding tert-OH is 1. The summed E-state index contributed by atoms with van der Waals surface area (Å²) in [5, 5.41) is 22.7. The van der Waals surface area contributed by atoms with Gasteiger partial charge in [-0.2, -0.15) is 0 Å². The number of rotatable bonds is 9. The fraction of sp³-hybridized carbons (Fsp3) is 0.706. The minimum Gasteiger partial charge on any atom is -0.481 e. The van der Waals surface area contributed by atoms with Crippen LogP contribution in [0.5, 0.6) is 0 Å². The average Bonchev–Trinajstić information content (AvgIpc) is 2.97. The van der Waals surface area contributed by atoms with Crippen molar-refractivity contribution in [1.82, 2.24) is 9.55 Å². The zero-order valence-corrected chi connectivity index (χ0v) is 16.4. The van der Waals surface area contributed by atoms with Crippen LogP contribution in [0.25, 0.3) is 10.4 Å². The SMILES string of the molecule is Cc1cn(C2CC(N=[N+]=[N-])C(COC(O)CC(C)(C)CC(=O)O)O2)c(=O)[nH]c1=O. The lowest BCUT2D eigenvalue weighted by Crippen LogP contribution is -2.34. The predicted molar refractivity (Wildman–Crippen MR) is 100 cm³/mol. The highest BCUT2D eigenvalue weighted by molar-refractivity contribution is 5.67. The van der Waals surface area contributed by atoms with E-state index in [2.05, 4.69) is 15.0 Å². The molecule has 1 aliphatic rings. The molecule has 12 heteroatoms. The second kappa shape index (κ2) is 9.23. The Bertz CT molecular complexity index is 902. The number of ether oxygens (including phenoxy) is 2. The average molecular weight is 411 g/mol. The molecule has 1 aromatic rings. The van der Waals surface area contributed by atoms with E-state index in [0.29, 0.717) is 5.56 Å². The molecule has 4 unspecified atom stereocenters. The van der Waals surface area contributed by atoms with E-state index in [0.717, 1.165) is 0 Å². The smallest absolute Gasteiger partial charge is 0.330 e. The lowest BCUT2D eigenvalue weighted by molar-refractivity contribution is -0.154. The van der Waals surface area contributed by atoms with E-state index in [4.69, 9.17) is 20.1 Å². The number of nitrogens with one attached hydrogen (secondary N) is 1. The second-order valence-electron chi connectivity index (χ2n) is 7.84. The van der Waals surface area contributed by atoms with Crippen LogP contribution in [-0.2, 0) is 14.3 Å². The number of carbonyl (C=O) groups is 1. The van der Waals surface area contributed by atoms with E-state index < -0.39 is 47.3 Å². The molecule has 160 valence electrons. The monoisotopic (exact) mass is 411 g/mol. The maximum atomic E-state index is 12.1. The van der Waals surface area contributed by atoms with Crippen LogP contribution in [0.1, 0.15) is 44.9 Å². The quantitative estimate of drug-likeness (QED) is 0.235. The van der Waals surface area contributed by atoms with Gasteiger partial charge in [-0.25, -0.2) is 4.79 Å². The summed E-state index contributed by atoms with van der Waals surface area (Å²) in [5.74, 6) is -0.978. The molecule has 0 radical (unpaired) electrons. The van der Waals surface area contributed by atoms with Gasteiger partial charge in [0.1, 0.15) is 6.23 Å². The number of azide groups is 1. The van der Waals surface area contributed by atoms with Crippen molar-refractivity contribution in [3.05, 3.63) is 43.0 Å². The van der Waals surface area contributed by atoms with Crippen LogP contribution in [-0.4, -0.2) is 50.8 Å². The third kappa shape index (κ3) is 6.16. The standard InChI is InChI=1S/C17H25N5O7/c1-9-7-22(16(27)19-15(9)26)12-4-10(20-21-18)11(29-12)8-28-14(25)6-17(2,3)5-13(23)24/h7,10-12,14,25H,4-6,8H2,1-3H3,(H,23,24)(H,19,26,27). The van der Waals surface area contributed by atoms with Gasteiger partial charge in [0.25, 0.3) is 5.56 Å². The van der Waals surface area contributed by atoms with E-state index in [-0.39, 0.29) is 25.9 Å². The largest absolute Gasteiger partial charge is 0.481 e. The van der Waals surface area contributed by atoms with Crippen molar-refractivity contribution < 1.29 is 24.5 Å². The van der Waals surface area contributed by atoms with Crippen LogP contribution in [0.15, 0.2) is 20.9 Å². The molecular weight excluding hydrogens is 386 g/mol. The van der Waals surface area contributed by atoms with E-state index in [1.165, 1.54) is 10.8 Å². The molecule has 0 bridgehead atoms. The van der Waals surface area contributed by atoms with Gasteiger partial charge in [-0.05, 0) is 17.9 Å². The fourth-order valence-electron chi connectivity index (χ4n) is 3.24. The lowest BCUT2D eigenvalue weighted by Gasteiger charge is -2.26. The number of hydrogen-bond donors (Lipinski definition) is 3. The molecule has 1 aliphatic heterocycles. The minimum absolute atomic E-state index is 0.0835. The first kappa shape index (κ1) is 22.6. The predicted octanol–water partition coefficient (Wildman–Crippen LogP) is 1.04. The Kier molecular flexibility index (Phi) is 7.20. The number of aromatic nitrogens is 2. The van der Waals surface area contributed by atoms with Crippen molar-refractivity contribution in [3.63, 3.8) is 0 Å². The van der Waals surface area contributed by atoms with Gasteiger partial charge in [0.15, 0.2) is 6.29 Å². The second-order valence-corrected chi connectivity index (χ2v) is 7.84. The number of H-pyrrole nitrogens is 1. The van der Waals surface area contributed by atoms with Gasteiger partial charge >= 0.3 is 11.7 Å². The summed E-state index contributed by atoms with van der Waals surface area (Å²) in [5.41, 5.74) is 7.28. The summed E-state index contributed by atoms with van der Waals surface area (Å²) in [6.07, 6.45) is -1.24. The highest BCUT2D eigenvalue weighted by Gasteiger charge is 2.37. The summed E-state index contributed by atoms with van der Waals surface area (Å²) in [7, 11) is 0. The molecule has 12 nitrogen and oxygen atoms in total. The maximum absolute atomic E-state index is 12.1. The molecule has 0 amide bonds. The Labute approximate surface area is 165 Å². The molecule has 0 aliphatic carbocycles. The Balaban J connectivity index is 2.05. The van der Waals surface area contributed by atoms with Crippen molar-refractivity contribution in [3.8, 4) is 0 Å². The van der Waals surface area contributed by atoms with Crippen LogP contribution >= 0.6 is 0 Å². The molecule has 4 atom stereocenters. The van der Waals surface area contributed by atoms with Crippen molar-refractivity contribution in [2.75, 3.05) is 6.61 Å². The Morgan fingerprint density at radius 2 is 2.24 bits per heavy atom. The highest BCUT2D eigenvalue weighted by atomic mass is 16.6. The van der Waals surface area contributed by atoms with Crippen molar-refractivity contribution in [1.29, 1.82) is 0 Å². The summed E-state index contributed by atoms with van der Waals surface area (Å²) in [4.78, 5) is 39.5. The zero-order valence-electron chi connectivity index (χ0n) is 16.4. The van der Waals surface area contributed by atoms with Gasteiger partial charge in [0.05, 0.1) is 25.2 Å². The van der Waals surface area contributed by atoms with Crippen LogP contribution in [0, 0.1) is 12.3 Å². The Morgan fingerprint density at radius 1 is 1.55 bits per heavy atom. The maximum Gasteiger partial charge on any atom is 0.330 e. The van der Waals surface area contributed by atoms with Gasteiger partial charge in [-0.15, -0.1) is 0 Å². The molecular formula is C17H25N5O7. The topological polar surface area (TPSA) is 180 Å². The number of aliphatic carboxylic acids is 1. The third-order valence-electron chi connectivity index (χ3n) is 4.67. The van der Waals surface area contributed by atoms with E-state index in [1.54, 1.807) is 20.8 Å². The number of aryl methyl sites for hydroxylation is 1. The molecule has 1 saturated heterocycles. The molecule has 1 fully saturated rings. The normalized spacial score (nSPS) is 22.8. The van der Waals surface area contributed by atoms with Gasteiger partial charge in [0.2, 0.25) is 0 Å². The molecule has 29 heavy (non-hydrogen) atoms. The van der Waals surface area contributed by atoms with Crippen molar-refractivity contribution in [2.24, 2.45) is 10.5 Å². The molecule has 2 heterocycles. The minimum atomic E-state index is -1.24. The van der Waals surface area contributed by atoms with E-state index in [9.17, 15) is 19.5 Å². The van der Waals surface area contributed by atoms with Crippen molar-refractivity contribution >= 4 is 5.97 Å². The molecule has 0 aromatic carbocycles.